The van der Waals surface area contributed by atoms with Gasteiger partial charge in [0.1, 0.15) is 10.6 Å². The summed E-state index contributed by atoms with van der Waals surface area (Å²) in [6, 6.07) is 25.2. The van der Waals surface area contributed by atoms with E-state index in [1.54, 1.807) is 60.7 Å². The van der Waals surface area contributed by atoms with E-state index in [1.807, 2.05) is 20.8 Å². The number of anilines is 2. The van der Waals surface area contributed by atoms with Gasteiger partial charge in [0.05, 0.1) is 27.2 Å². The summed E-state index contributed by atoms with van der Waals surface area (Å²) in [5.74, 6) is -1.56. The van der Waals surface area contributed by atoms with Crippen molar-refractivity contribution >= 4 is 54.1 Å². The maximum Gasteiger partial charge on any atom is 0.298 e. The lowest BCUT2D eigenvalue weighted by Crippen LogP contribution is -2.24. The first-order chi connectivity index (χ1) is 24.9. The summed E-state index contributed by atoms with van der Waals surface area (Å²) in [6.07, 6.45) is 0. The van der Waals surface area contributed by atoms with Gasteiger partial charge in [-0.3, -0.25) is 23.5 Å². The minimum absolute atomic E-state index is 0.0244. The number of ketones is 2. The van der Waals surface area contributed by atoms with Crippen molar-refractivity contribution in [1.29, 1.82) is 0 Å². The summed E-state index contributed by atoms with van der Waals surface area (Å²) in [4.78, 5) is 44.4. The number of ether oxygens (including phenoxy) is 1. The van der Waals surface area contributed by atoms with Crippen LogP contribution in [0.5, 0.6) is 11.5 Å². The number of nitrogens with one attached hydrogen (secondary N) is 2. The molecule has 0 fully saturated rings. The van der Waals surface area contributed by atoms with Gasteiger partial charge in [-0.15, -0.1) is 0 Å². The Morgan fingerprint density at radius 2 is 1.38 bits per heavy atom. The van der Waals surface area contributed by atoms with E-state index in [2.05, 4.69) is 10.3 Å². The summed E-state index contributed by atoms with van der Waals surface area (Å²) in [7, 11) is -9.38. The van der Waals surface area contributed by atoms with Crippen LogP contribution in [0.3, 0.4) is 0 Å². The lowest BCUT2D eigenvalue weighted by molar-refractivity contribution is 0.102. The van der Waals surface area contributed by atoms with Gasteiger partial charge < -0.3 is 15.0 Å². The van der Waals surface area contributed by atoms with Crippen molar-refractivity contribution in [3.8, 4) is 22.6 Å². The molecule has 1 aliphatic rings. The molecule has 12 nitrogen and oxygen atoms in total. The van der Waals surface area contributed by atoms with Gasteiger partial charge in [0.2, 0.25) is 0 Å². The van der Waals surface area contributed by atoms with E-state index in [4.69, 9.17) is 4.74 Å². The number of aromatic nitrogens is 1. The standard InChI is InChI=1S/C39H30N2O10S2/c1-39(2,3)22-13-18-28(30(19-22)53(48,49)50)51-29-20-27(40-23-14-16-24(17-15-23)52(45,46)47)32-33-31(25-11-7-8-12-26(25)37(32)43)34(38(44)41-35(29)33)36(42)21-9-5-4-6-10-21/h4-20,40H,1-3H3,(H,41,44)(H,45,46,47)(H,48,49,50). The number of carbonyl (C=O) groups is 2. The molecule has 0 spiro atoms. The van der Waals surface area contributed by atoms with Crippen LogP contribution < -0.4 is 15.6 Å². The molecule has 5 aromatic carbocycles. The number of aromatic amines is 1. The number of rotatable bonds is 8. The second kappa shape index (κ2) is 12.6. The van der Waals surface area contributed by atoms with Crippen LogP contribution in [0.4, 0.5) is 11.4 Å². The average molecular weight is 751 g/mol. The molecule has 1 aliphatic carbocycles. The SMILES string of the molecule is CC(C)(C)c1ccc(Oc2cc(Nc3ccc(S(=O)(=O)O)cc3)c3c4c(c(C(=O)c5ccccc5)c(=O)[nH]c24)-c2ccccc2C3=O)c(S(=O)(=O)O)c1. The zero-order valence-corrected chi connectivity index (χ0v) is 29.9. The first-order valence-corrected chi connectivity index (χ1v) is 19.0. The fourth-order valence-corrected chi connectivity index (χ4v) is 7.48. The van der Waals surface area contributed by atoms with Crippen LogP contribution in [-0.2, 0) is 25.7 Å². The van der Waals surface area contributed by atoms with Crippen LogP contribution in [-0.4, -0.2) is 42.5 Å². The van der Waals surface area contributed by atoms with Crippen LogP contribution >= 0.6 is 0 Å². The minimum atomic E-state index is -4.86. The zero-order valence-electron chi connectivity index (χ0n) is 28.3. The molecule has 0 aliphatic heterocycles. The van der Waals surface area contributed by atoms with Gasteiger partial charge in [-0.25, -0.2) is 0 Å². The van der Waals surface area contributed by atoms with E-state index in [9.17, 15) is 40.3 Å². The van der Waals surface area contributed by atoms with Gasteiger partial charge >= 0.3 is 0 Å². The van der Waals surface area contributed by atoms with E-state index in [0.29, 0.717) is 11.1 Å². The third kappa shape index (κ3) is 6.42. The summed E-state index contributed by atoms with van der Waals surface area (Å²) in [5.41, 5.74) is 0.181. The maximum absolute atomic E-state index is 14.4. The van der Waals surface area contributed by atoms with Crippen molar-refractivity contribution in [3.05, 3.63) is 141 Å². The Hall–Kier alpha value is -5.93. The minimum Gasteiger partial charge on any atom is -0.454 e. The summed E-state index contributed by atoms with van der Waals surface area (Å²) >= 11 is 0. The number of benzene rings is 5. The molecule has 4 N–H and O–H groups in total. The molecule has 14 heteroatoms. The van der Waals surface area contributed by atoms with Gasteiger partial charge in [0.25, 0.3) is 25.8 Å². The van der Waals surface area contributed by atoms with Gasteiger partial charge in [-0.2, -0.15) is 16.8 Å². The summed E-state index contributed by atoms with van der Waals surface area (Å²) in [5, 5.41) is 3.20. The van der Waals surface area contributed by atoms with Gasteiger partial charge in [-0.05, 0) is 52.9 Å². The molecule has 0 radical (unpaired) electrons. The maximum atomic E-state index is 14.4. The average Bonchev–Trinajstić information content (AvgIpc) is 3.10. The first-order valence-electron chi connectivity index (χ1n) is 16.1. The predicted molar refractivity (Wildman–Crippen MR) is 198 cm³/mol. The van der Waals surface area contributed by atoms with Crippen molar-refractivity contribution < 1.29 is 40.3 Å². The second-order valence-electron chi connectivity index (χ2n) is 13.4. The molecule has 0 amide bonds. The normalized spacial score (nSPS) is 12.7. The quantitative estimate of drug-likeness (QED) is 0.0898. The molecule has 0 bridgehead atoms. The van der Waals surface area contributed by atoms with Crippen molar-refractivity contribution in [3.63, 3.8) is 0 Å². The zero-order chi connectivity index (χ0) is 38.0. The molecule has 53 heavy (non-hydrogen) atoms. The van der Waals surface area contributed by atoms with Crippen LogP contribution in [0.1, 0.15) is 58.2 Å². The Morgan fingerprint density at radius 3 is 2.00 bits per heavy atom. The molecule has 0 saturated heterocycles. The smallest absolute Gasteiger partial charge is 0.298 e. The van der Waals surface area contributed by atoms with Crippen LogP contribution in [0.2, 0.25) is 0 Å². The molecule has 1 aromatic heterocycles. The van der Waals surface area contributed by atoms with Gasteiger partial charge in [0, 0.05) is 33.8 Å². The topological polar surface area (TPSA) is 197 Å². The number of H-pyrrole nitrogens is 1. The lowest BCUT2D eigenvalue weighted by Gasteiger charge is -2.26. The van der Waals surface area contributed by atoms with E-state index in [-0.39, 0.29) is 66.5 Å². The van der Waals surface area contributed by atoms with Crippen LogP contribution in [0, 0.1) is 0 Å². The van der Waals surface area contributed by atoms with E-state index >= 15 is 0 Å². The largest absolute Gasteiger partial charge is 0.454 e. The Bertz CT molecular complexity index is 2810. The van der Waals surface area contributed by atoms with Crippen LogP contribution in [0.15, 0.2) is 118 Å². The molecule has 0 saturated carbocycles. The van der Waals surface area contributed by atoms with Crippen LogP contribution in [0.25, 0.3) is 22.0 Å². The second-order valence-corrected chi connectivity index (χ2v) is 16.2. The summed E-state index contributed by atoms with van der Waals surface area (Å²) < 4.78 is 74.9. The molecule has 268 valence electrons. The highest BCUT2D eigenvalue weighted by atomic mass is 32.2. The Morgan fingerprint density at radius 1 is 0.736 bits per heavy atom. The highest BCUT2D eigenvalue weighted by Gasteiger charge is 2.35. The molecule has 7 rings (SSSR count). The Balaban J connectivity index is 1.56. The Kier molecular flexibility index (Phi) is 8.45. The molecule has 0 unspecified atom stereocenters. The number of hydrogen-bond donors (Lipinski definition) is 4. The third-order valence-corrected chi connectivity index (χ3v) is 10.7. The molecule has 6 aromatic rings. The van der Waals surface area contributed by atoms with Gasteiger partial charge in [0.15, 0.2) is 17.3 Å². The molecular weight excluding hydrogens is 721 g/mol. The molecule has 0 atom stereocenters. The molecule has 1 heterocycles. The van der Waals surface area contributed by atoms with Crippen molar-refractivity contribution in [1.82, 2.24) is 4.98 Å². The number of fused-ring (bicyclic) bond motifs is 2. The van der Waals surface area contributed by atoms with Gasteiger partial charge in [-0.1, -0.05) is 81.4 Å². The highest BCUT2D eigenvalue weighted by molar-refractivity contribution is 7.86. The number of hydrogen-bond acceptors (Lipinski definition) is 9. The van der Waals surface area contributed by atoms with Crippen molar-refractivity contribution in [2.45, 2.75) is 36.0 Å². The van der Waals surface area contributed by atoms with Crippen molar-refractivity contribution in [2.24, 2.45) is 0 Å². The summed E-state index contributed by atoms with van der Waals surface area (Å²) in [6.45, 7) is 5.58. The first kappa shape index (κ1) is 35.5. The highest BCUT2D eigenvalue weighted by Crippen LogP contribution is 2.48. The Labute approximate surface area is 303 Å². The fraction of sp³-hybridized carbons (Fsp3) is 0.103. The number of pyridine rings is 1. The fourth-order valence-electron chi connectivity index (χ4n) is 6.36. The van der Waals surface area contributed by atoms with E-state index in [0.717, 1.165) is 12.1 Å². The van der Waals surface area contributed by atoms with Crippen molar-refractivity contribution in [2.75, 3.05) is 5.32 Å². The van der Waals surface area contributed by atoms with E-state index in [1.165, 1.54) is 30.3 Å². The molecular formula is C39H30N2O10S2. The third-order valence-electron chi connectivity index (χ3n) is 8.93. The van der Waals surface area contributed by atoms with E-state index < -0.39 is 47.7 Å². The number of carbonyl (C=O) groups excluding carboxylic acids is 2. The monoisotopic (exact) mass is 750 g/mol. The predicted octanol–water partition coefficient (Wildman–Crippen LogP) is 7.30. The lowest BCUT2D eigenvalue weighted by atomic mass is 9.80.